The highest BCUT2D eigenvalue weighted by atomic mass is 16.5. The first-order chi connectivity index (χ1) is 6.19. The summed E-state index contributed by atoms with van der Waals surface area (Å²) in [4.78, 5) is 0. The van der Waals surface area contributed by atoms with Crippen molar-refractivity contribution in [2.75, 3.05) is 13.7 Å². The molecular formula is C10H15NO2. The second-order valence-corrected chi connectivity index (χ2v) is 3.00. The molecule has 0 saturated carbocycles. The maximum absolute atomic E-state index is 9.53. The van der Waals surface area contributed by atoms with Gasteiger partial charge in [0.1, 0.15) is 5.75 Å². The highest BCUT2D eigenvalue weighted by Gasteiger charge is 2.10. The quantitative estimate of drug-likeness (QED) is 0.731. The van der Waals surface area contributed by atoms with Gasteiger partial charge in [-0.1, -0.05) is 12.1 Å². The van der Waals surface area contributed by atoms with Crippen LogP contribution in [0.3, 0.4) is 0 Å². The fraction of sp³-hybridized carbons (Fsp3) is 0.400. The Kier molecular flexibility index (Phi) is 3.28. The number of hydrogen-bond acceptors (Lipinski definition) is 3. The minimum absolute atomic E-state index is 0.208. The predicted molar refractivity (Wildman–Crippen MR) is 51.7 cm³/mol. The number of nitrogens with two attached hydrogens (primary N) is 1. The summed E-state index contributed by atoms with van der Waals surface area (Å²) in [6.07, 6.45) is -0.643. The molecule has 3 heteroatoms. The minimum Gasteiger partial charge on any atom is -0.496 e. The van der Waals surface area contributed by atoms with E-state index in [-0.39, 0.29) is 6.54 Å². The molecule has 13 heavy (non-hydrogen) atoms. The van der Waals surface area contributed by atoms with Crippen molar-refractivity contribution in [2.45, 2.75) is 13.0 Å². The van der Waals surface area contributed by atoms with Crippen LogP contribution in [-0.2, 0) is 0 Å². The third-order valence-electron chi connectivity index (χ3n) is 1.97. The fourth-order valence-corrected chi connectivity index (χ4v) is 1.22. The van der Waals surface area contributed by atoms with Crippen LogP contribution in [0.4, 0.5) is 0 Å². The van der Waals surface area contributed by atoms with E-state index in [4.69, 9.17) is 10.5 Å². The predicted octanol–water partition coefficient (Wildman–Crippen LogP) is 0.996. The SMILES string of the molecule is COc1cc(C)ccc1[C@@H](O)CN. The molecule has 1 aromatic rings. The van der Waals surface area contributed by atoms with Crippen molar-refractivity contribution in [1.82, 2.24) is 0 Å². The van der Waals surface area contributed by atoms with Crippen molar-refractivity contribution in [1.29, 1.82) is 0 Å². The Morgan fingerprint density at radius 3 is 2.77 bits per heavy atom. The molecule has 0 saturated heterocycles. The van der Waals surface area contributed by atoms with Crippen LogP contribution in [0.1, 0.15) is 17.2 Å². The van der Waals surface area contributed by atoms with Crippen molar-refractivity contribution >= 4 is 0 Å². The van der Waals surface area contributed by atoms with Gasteiger partial charge in [0.2, 0.25) is 0 Å². The van der Waals surface area contributed by atoms with E-state index in [9.17, 15) is 5.11 Å². The summed E-state index contributed by atoms with van der Waals surface area (Å²) in [7, 11) is 1.58. The monoisotopic (exact) mass is 181 g/mol. The van der Waals surface area contributed by atoms with Crippen LogP contribution in [0.2, 0.25) is 0 Å². The molecule has 0 aliphatic carbocycles. The van der Waals surface area contributed by atoms with E-state index in [1.165, 1.54) is 0 Å². The van der Waals surface area contributed by atoms with Gasteiger partial charge in [-0.15, -0.1) is 0 Å². The van der Waals surface area contributed by atoms with Crippen molar-refractivity contribution in [3.05, 3.63) is 29.3 Å². The molecular weight excluding hydrogens is 166 g/mol. The lowest BCUT2D eigenvalue weighted by Gasteiger charge is -2.13. The van der Waals surface area contributed by atoms with E-state index in [0.717, 1.165) is 11.1 Å². The van der Waals surface area contributed by atoms with Gasteiger partial charge in [-0.3, -0.25) is 0 Å². The summed E-state index contributed by atoms with van der Waals surface area (Å²) >= 11 is 0. The van der Waals surface area contributed by atoms with Gasteiger partial charge < -0.3 is 15.6 Å². The number of rotatable bonds is 3. The van der Waals surface area contributed by atoms with E-state index in [0.29, 0.717) is 5.75 Å². The molecule has 1 aromatic carbocycles. The summed E-state index contributed by atoms with van der Waals surface area (Å²) in [6.45, 7) is 2.18. The van der Waals surface area contributed by atoms with Crippen LogP contribution < -0.4 is 10.5 Å². The van der Waals surface area contributed by atoms with Crippen molar-refractivity contribution in [3.8, 4) is 5.75 Å². The number of aliphatic hydroxyl groups excluding tert-OH is 1. The van der Waals surface area contributed by atoms with Gasteiger partial charge in [0.05, 0.1) is 13.2 Å². The topological polar surface area (TPSA) is 55.5 Å². The maximum Gasteiger partial charge on any atom is 0.124 e. The molecule has 3 nitrogen and oxygen atoms in total. The standard InChI is InChI=1S/C10H15NO2/c1-7-3-4-8(9(12)6-11)10(5-7)13-2/h3-5,9,12H,6,11H2,1-2H3/t9-/m0/s1. The molecule has 0 bridgehead atoms. The van der Waals surface area contributed by atoms with E-state index >= 15 is 0 Å². The third-order valence-corrected chi connectivity index (χ3v) is 1.97. The Labute approximate surface area is 78.1 Å². The fourth-order valence-electron chi connectivity index (χ4n) is 1.22. The van der Waals surface area contributed by atoms with Crippen molar-refractivity contribution in [3.63, 3.8) is 0 Å². The second kappa shape index (κ2) is 4.25. The van der Waals surface area contributed by atoms with Crippen molar-refractivity contribution < 1.29 is 9.84 Å². The number of methoxy groups -OCH3 is 1. The summed E-state index contributed by atoms with van der Waals surface area (Å²) in [5.41, 5.74) is 7.21. The van der Waals surface area contributed by atoms with Crippen LogP contribution in [-0.4, -0.2) is 18.8 Å². The molecule has 0 aliphatic heterocycles. The lowest BCUT2D eigenvalue weighted by atomic mass is 10.1. The zero-order valence-electron chi connectivity index (χ0n) is 7.95. The third kappa shape index (κ3) is 2.20. The first-order valence-corrected chi connectivity index (χ1v) is 4.21. The smallest absolute Gasteiger partial charge is 0.124 e. The summed E-state index contributed by atoms with van der Waals surface area (Å²) in [5, 5.41) is 9.53. The van der Waals surface area contributed by atoms with Gasteiger partial charge in [-0.05, 0) is 18.6 Å². The Morgan fingerprint density at radius 2 is 2.23 bits per heavy atom. The Morgan fingerprint density at radius 1 is 1.54 bits per heavy atom. The van der Waals surface area contributed by atoms with Gasteiger partial charge in [0, 0.05) is 12.1 Å². The van der Waals surface area contributed by atoms with Crippen LogP contribution >= 0.6 is 0 Å². The Balaban J connectivity index is 3.05. The number of benzene rings is 1. The molecule has 0 spiro atoms. The first-order valence-electron chi connectivity index (χ1n) is 4.21. The zero-order chi connectivity index (χ0) is 9.84. The van der Waals surface area contributed by atoms with E-state index in [2.05, 4.69) is 0 Å². The van der Waals surface area contributed by atoms with Gasteiger partial charge in [0.25, 0.3) is 0 Å². The van der Waals surface area contributed by atoms with E-state index < -0.39 is 6.10 Å². The number of aryl methyl sites for hydroxylation is 1. The average Bonchev–Trinajstić information content (AvgIpc) is 2.16. The second-order valence-electron chi connectivity index (χ2n) is 3.00. The van der Waals surface area contributed by atoms with Gasteiger partial charge >= 0.3 is 0 Å². The van der Waals surface area contributed by atoms with Gasteiger partial charge in [-0.25, -0.2) is 0 Å². The highest BCUT2D eigenvalue weighted by Crippen LogP contribution is 2.25. The number of aliphatic hydroxyl groups is 1. The van der Waals surface area contributed by atoms with E-state index in [1.54, 1.807) is 7.11 Å². The highest BCUT2D eigenvalue weighted by molar-refractivity contribution is 5.38. The molecule has 0 heterocycles. The Bertz CT molecular complexity index is 286. The van der Waals surface area contributed by atoms with Crippen LogP contribution in [0, 0.1) is 6.92 Å². The van der Waals surface area contributed by atoms with Crippen LogP contribution in [0.5, 0.6) is 5.75 Å². The molecule has 0 aromatic heterocycles. The summed E-state index contributed by atoms with van der Waals surface area (Å²) in [5.74, 6) is 0.693. The molecule has 0 aliphatic rings. The van der Waals surface area contributed by atoms with Crippen molar-refractivity contribution in [2.24, 2.45) is 5.73 Å². The molecule has 3 N–H and O–H groups in total. The average molecular weight is 181 g/mol. The normalized spacial score (nSPS) is 12.6. The Hall–Kier alpha value is -1.06. The number of ether oxygens (including phenoxy) is 1. The minimum atomic E-state index is -0.643. The van der Waals surface area contributed by atoms with E-state index in [1.807, 2.05) is 25.1 Å². The maximum atomic E-state index is 9.53. The van der Waals surface area contributed by atoms with Crippen LogP contribution in [0.25, 0.3) is 0 Å². The molecule has 1 rings (SSSR count). The lowest BCUT2D eigenvalue weighted by molar-refractivity contribution is 0.182. The zero-order valence-corrected chi connectivity index (χ0v) is 7.95. The summed E-state index contributed by atoms with van der Waals surface area (Å²) < 4.78 is 5.13. The molecule has 0 radical (unpaired) electrons. The first kappa shape index (κ1) is 10.0. The van der Waals surface area contributed by atoms with Gasteiger partial charge in [0.15, 0.2) is 0 Å². The van der Waals surface area contributed by atoms with Crippen LogP contribution in [0.15, 0.2) is 18.2 Å². The molecule has 0 fully saturated rings. The molecule has 0 unspecified atom stereocenters. The summed E-state index contributed by atoms with van der Waals surface area (Å²) in [6, 6.07) is 5.65. The molecule has 1 atom stereocenters. The number of hydrogen-bond donors (Lipinski definition) is 2. The molecule has 72 valence electrons. The largest absolute Gasteiger partial charge is 0.496 e. The lowest BCUT2D eigenvalue weighted by Crippen LogP contribution is -2.12. The van der Waals surface area contributed by atoms with Gasteiger partial charge in [-0.2, -0.15) is 0 Å². The molecule has 0 amide bonds.